The topological polar surface area (TPSA) is 87.7 Å². The first-order valence-corrected chi connectivity index (χ1v) is 9.07. The Bertz CT molecular complexity index is 989. The molecule has 1 atom stereocenters. The van der Waals surface area contributed by atoms with Gasteiger partial charge >= 0.3 is 12.0 Å². The molecule has 3 N–H and O–H groups in total. The van der Waals surface area contributed by atoms with Gasteiger partial charge in [-0.2, -0.15) is 13.2 Å². The largest absolute Gasteiger partial charge is 0.450 e. The number of ether oxygens (including phenoxy) is 1. The third kappa shape index (κ3) is 3.78. The fourth-order valence-electron chi connectivity index (χ4n) is 2.65. The Hall–Kier alpha value is -1.98. The number of rotatable bonds is 4. The van der Waals surface area contributed by atoms with Crippen LogP contribution in [0.25, 0.3) is 21.5 Å². The summed E-state index contributed by atoms with van der Waals surface area (Å²) in [6.07, 6.45) is -5.62. The van der Waals surface area contributed by atoms with Crippen LogP contribution in [0.4, 0.5) is 13.2 Å². The maximum Gasteiger partial charge on any atom is 0.450 e. The highest BCUT2D eigenvalue weighted by atomic mass is 32.1. The average molecular weight is 416 g/mol. The summed E-state index contributed by atoms with van der Waals surface area (Å²) < 4.78 is 45.7. The van der Waals surface area contributed by atoms with Gasteiger partial charge in [-0.15, -0.1) is 11.3 Å². The Kier molecular flexibility index (Phi) is 5.05. The summed E-state index contributed by atoms with van der Waals surface area (Å²) in [5.74, 6) is -4.06. The van der Waals surface area contributed by atoms with Gasteiger partial charge < -0.3 is 20.1 Å². The SMILES string of the molecule is CC(C)(C)OC(O)n1c(-c2cnc(C(O)(O)C(F)(F)F)s2)cc2ccccc21. The molecule has 0 aliphatic heterocycles. The van der Waals surface area contributed by atoms with Crippen molar-refractivity contribution >= 4 is 22.2 Å². The lowest BCUT2D eigenvalue weighted by molar-refractivity contribution is -0.358. The molecule has 1 unspecified atom stereocenters. The lowest BCUT2D eigenvalue weighted by Crippen LogP contribution is -2.41. The molecule has 3 rings (SSSR count). The second-order valence-electron chi connectivity index (χ2n) is 7.21. The molecule has 0 spiro atoms. The summed E-state index contributed by atoms with van der Waals surface area (Å²) in [6, 6.07) is 8.70. The maximum atomic E-state index is 12.9. The zero-order chi connectivity index (χ0) is 20.9. The molecular weight excluding hydrogens is 397 g/mol. The number of nitrogens with zero attached hydrogens (tertiary/aromatic N) is 2. The monoisotopic (exact) mass is 416 g/mol. The molecule has 10 heteroatoms. The van der Waals surface area contributed by atoms with Crippen molar-refractivity contribution in [3.8, 4) is 10.6 Å². The minimum Gasteiger partial charge on any atom is -0.353 e. The predicted molar refractivity (Wildman–Crippen MR) is 97.3 cm³/mol. The van der Waals surface area contributed by atoms with Gasteiger partial charge in [0.05, 0.1) is 21.7 Å². The maximum absolute atomic E-state index is 12.9. The summed E-state index contributed by atoms with van der Waals surface area (Å²) in [4.78, 5) is 3.75. The number of halogens is 3. The Morgan fingerprint density at radius 2 is 1.79 bits per heavy atom. The highest BCUT2D eigenvalue weighted by Gasteiger charge is 2.56. The van der Waals surface area contributed by atoms with Crippen molar-refractivity contribution in [3.63, 3.8) is 0 Å². The van der Waals surface area contributed by atoms with Crippen molar-refractivity contribution in [2.75, 3.05) is 0 Å². The zero-order valence-electron chi connectivity index (χ0n) is 15.2. The molecule has 1 aromatic carbocycles. The number of aliphatic hydroxyl groups is 3. The van der Waals surface area contributed by atoms with Crippen LogP contribution in [-0.2, 0) is 10.5 Å². The minimum absolute atomic E-state index is 0.208. The first kappa shape index (κ1) is 20.7. The van der Waals surface area contributed by atoms with Gasteiger partial charge in [0.15, 0.2) is 5.01 Å². The summed E-state index contributed by atoms with van der Waals surface area (Å²) >= 11 is 0.466. The Balaban J connectivity index is 2.13. The fraction of sp³-hybridized carbons (Fsp3) is 0.389. The molecule has 0 saturated heterocycles. The number of thiazole rings is 1. The first-order chi connectivity index (χ1) is 12.8. The molecule has 152 valence electrons. The van der Waals surface area contributed by atoms with Crippen LogP contribution in [0.5, 0.6) is 0 Å². The Morgan fingerprint density at radius 1 is 1.14 bits per heavy atom. The van der Waals surface area contributed by atoms with Gasteiger partial charge in [0.2, 0.25) is 6.41 Å². The van der Waals surface area contributed by atoms with Crippen LogP contribution in [0.1, 0.15) is 32.2 Å². The van der Waals surface area contributed by atoms with Crippen LogP contribution in [0, 0.1) is 0 Å². The van der Waals surface area contributed by atoms with Crippen LogP contribution in [0.3, 0.4) is 0 Å². The molecule has 0 fully saturated rings. The van der Waals surface area contributed by atoms with Crippen molar-refractivity contribution in [2.45, 2.75) is 44.7 Å². The summed E-state index contributed by atoms with van der Waals surface area (Å²) in [7, 11) is 0. The van der Waals surface area contributed by atoms with Crippen LogP contribution in [-0.4, -0.2) is 36.6 Å². The standard InChI is InChI=1S/C18H19F3N2O4S/c1-16(2,3)27-15(24)23-11-7-5-4-6-10(11)8-12(23)13-9-22-14(28-13)17(25,26)18(19,20)21/h4-9,15,24-26H,1-3H3. The van der Waals surface area contributed by atoms with E-state index in [9.17, 15) is 28.5 Å². The molecule has 6 nitrogen and oxygen atoms in total. The van der Waals surface area contributed by atoms with Crippen molar-refractivity contribution in [1.29, 1.82) is 0 Å². The van der Waals surface area contributed by atoms with E-state index in [1.54, 1.807) is 51.1 Å². The normalized spacial score (nSPS) is 14.6. The number of benzene rings is 1. The summed E-state index contributed by atoms with van der Waals surface area (Å²) in [6.45, 7) is 5.25. The number of fused-ring (bicyclic) bond motifs is 1. The average Bonchev–Trinajstić information content (AvgIpc) is 3.17. The Morgan fingerprint density at radius 3 is 2.39 bits per heavy atom. The lowest BCUT2D eigenvalue weighted by atomic mass is 10.2. The minimum atomic E-state index is -5.30. The van der Waals surface area contributed by atoms with Gasteiger partial charge in [-0.3, -0.25) is 4.57 Å². The zero-order valence-corrected chi connectivity index (χ0v) is 16.0. The van der Waals surface area contributed by atoms with E-state index in [0.29, 0.717) is 22.5 Å². The van der Waals surface area contributed by atoms with Crippen LogP contribution in [0.2, 0.25) is 0 Å². The molecule has 2 aromatic heterocycles. The van der Waals surface area contributed by atoms with Crippen LogP contribution < -0.4 is 0 Å². The third-order valence-corrected chi connectivity index (χ3v) is 5.00. The Labute approximate surface area is 162 Å². The van der Waals surface area contributed by atoms with Crippen LogP contribution >= 0.6 is 11.3 Å². The smallest absolute Gasteiger partial charge is 0.353 e. The van der Waals surface area contributed by atoms with E-state index < -0.39 is 29.0 Å². The van der Waals surface area contributed by atoms with E-state index in [0.717, 1.165) is 11.6 Å². The van der Waals surface area contributed by atoms with E-state index in [2.05, 4.69) is 4.98 Å². The number of alkyl halides is 3. The highest BCUT2D eigenvalue weighted by Crippen LogP contribution is 2.42. The highest BCUT2D eigenvalue weighted by molar-refractivity contribution is 7.15. The molecule has 2 heterocycles. The number of aromatic nitrogens is 2. The van der Waals surface area contributed by atoms with E-state index in [-0.39, 0.29) is 4.88 Å². The molecule has 0 radical (unpaired) electrons. The first-order valence-electron chi connectivity index (χ1n) is 8.25. The number of aliphatic hydroxyl groups excluding tert-OH is 1. The van der Waals surface area contributed by atoms with Gasteiger partial charge in [-0.25, -0.2) is 4.98 Å². The fourth-order valence-corrected chi connectivity index (χ4v) is 3.59. The van der Waals surface area contributed by atoms with Crippen molar-refractivity contribution in [3.05, 3.63) is 41.5 Å². The number of hydrogen-bond donors (Lipinski definition) is 3. The number of hydrogen-bond acceptors (Lipinski definition) is 6. The van der Waals surface area contributed by atoms with Crippen molar-refractivity contribution in [1.82, 2.24) is 9.55 Å². The molecule has 0 bridgehead atoms. The summed E-state index contributed by atoms with van der Waals surface area (Å²) in [5, 5.41) is 29.3. The van der Waals surface area contributed by atoms with E-state index in [4.69, 9.17) is 4.74 Å². The van der Waals surface area contributed by atoms with E-state index in [1.165, 1.54) is 4.57 Å². The van der Waals surface area contributed by atoms with Gasteiger partial charge in [0.1, 0.15) is 0 Å². The molecule has 0 aliphatic rings. The van der Waals surface area contributed by atoms with Gasteiger partial charge in [0, 0.05) is 11.6 Å². The van der Waals surface area contributed by atoms with Crippen LogP contribution in [0.15, 0.2) is 36.5 Å². The molecular formula is C18H19F3N2O4S. The van der Waals surface area contributed by atoms with Crippen molar-refractivity contribution in [2.24, 2.45) is 0 Å². The third-order valence-electron chi connectivity index (χ3n) is 3.88. The number of para-hydroxylation sites is 1. The van der Waals surface area contributed by atoms with Gasteiger partial charge in [0.25, 0.3) is 0 Å². The summed E-state index contributed by atoms with van der Waals surface area (Å²) in [5.41, 5.74) is 0.238. The molecule has 0 aliphatic carbocycles. The van der Waals surface area contributed by atoms with Gasteiger partial charge in [-0.1, -0.05) is 18.2 Å². The molecule has 0 amide bonds. The van der Waals surface area contributed by atoms with Crippen molar-refractivity contribution < 1.29 is 33.2 Å². The second-order valence-corrected chi connectivity index (χ2v) is 8.25. The molecule has 3 aromatic rings. The second kappa shape index (κ2) is 6.82. The van der Waals surface area contributed by atoms with E-state index in [1.807, 2.05) is 0 Å². The molecule has 0 saturated carbocycles. The van der Waals surface area contributed by atoms with Gasteiger partial charge in [-0.05, 0) is 32.9 Å². The predicted octanol–water partition coefficient (Wildman–Crippen LogP) is 3.73. The quantitative estimate of drug-likeness (QED) is 0.564. The van der Waals surface area contributed by atoms with E-state index >= 15 is 0 Å². The lowest BCUT2D eigenvalue weighted by Gasteiger charge is -2.26. The molecule has 28 heavy (non-hydrogen) atoms.